The number of para-hydroxylation sites is 2. The Bertz CT molecular complexity index is 1260. The maximum absolute atomic E-state index is 12.2. The van der Waals surface area contributed by atoms with Gasteiger partial charge < -0.3 is 9.88 Å². The van der Waals surface area contributed by atoms with Crippen molar-refractivity contribution in [2.45, 2.75) is 58.4 Å². The molecule has 5 heteroatoms. The highest BCUT2D eigenvalue weighted by molar-refractivity contribution is 6.31. The van der Waals surface area contributed by atoms with Crippen LogP contribution in [0.2, 0.25) is 5.02 Å². The van der Waals surface area contributed by atoms with Crippen molar-refractivity contribution in [3.8, 4) is 0 Å². The molecule has 1 heterocycles. The Kier molecular flexibility index (Phi) is 8.59. The van der Waals surface area contributed by atoms with Crippen LogP contribution in [-0.4, -0.2) is 22.0 Å². The highest BCUT2D eigenvalue weighted by Gasteiger charge is 2.11. The van der Waals surface area contributed by atoms with Crippen molar-refractivity contribution in [3.63, 3.8) is 0 Å². The molecule has 35 heavy (non-hydrogen) atoms. The number of imidazole rings is 1. The average molecular weight is 488 g/mol. The first-order valence-corrected chi connectivity index (χ1v) is 12.9. The normalized spacial score (nSPS) is 11.3. The number of hydrogen-bond donors (Lipinski definition) is 1. The van der Waals surface area contributed by atoms with Gasteiger partial charge in [0, 0.05) is 24.5 Å². The molecule has 0 fully saturated rings. The number of aryl methyl sites for hydroxylation is 1. The minimum atomic E-state index is 0.0170. The van der Waals surface area contributed by atoms with Crippen LogP contribution in [0.5, 0.6) is 0 Å². The van der Waals surface area contributed by atoms with E-state index in [0.717, 1.165) is 49.1 Å². The Morgan fingerprint density at radius 2 is 1.69 bits per heavy atom. The summed E-state index contributed by atoms with van der Waals surface area (Å²) in [6, 6.07) is 24.8. The third-order valence-corrected chi connectivity index (χ3v) is 6.80. The molecule has 4 nitrogen and oxygen atoms in total. The van der Waals surface area contributed by atoms with Crippen molar-refractivity contribution in [1.82, 2.24) is 14.9 Å². The van der Waals surface area contributed by atoms with Crippen molar-refractivity contribution in [2.24, 2.45) is 0 Å². The van der Waals surface area contributed by atoms with Gasteiger partial charge in [0.05, 0.1) is 17.5 Å². The molecule has 1 aromatic heterocycles. The number of aromatic nitrogens is 2. The number of carbonyl (C=O) groups excluding carboxylic acids is 1. The standard InChI is InChI=1S/C30H34ClN3O/c1-22(2)24-17-15-23(16-18-24)21-34-28-13-8-7-12-27(28)33-29(34)14-4-3-9-19-32-30(35)20-25-10-5-6-11-26(25)31/h5-8,10-13,15-18,22H,3-4,9,14,19-21H2,1-2H3,(H,32,35). The lowest BCUT2D eigenvalue weighted by molar-refractivity contribution is -0.120. The van der Waals surface area contributed by atoms with Crippen LogP contribution in [-0.2, 0) is 24.2 Å². The molecule has 4 aromatic rings. The smallest absolute Gasteiger partial charge is 0.224 e. The summed E-state index contributed by atoms with van der Waals surface area (Å²) >= 11 is 6.15. The molecule has 0 aliphatic carbocycles. The molecule has 0 aliphatic heterocycles. The number of amides is 1. The fraction of sp³-hybridized carbons (Fsp3) is 0.333. The van der Waals surface area contributed by atoms with Crippen molar-refractivity contribution < 1.29 is 4.79 Å². The second-order valence-electron chi connectivity index (χ2n) is 9.43. The summed E-state index contributed by atoms with van der Waals surface area (Å²) < 4.78 is 2.35. The van der Waals surface area contributed by atoms with Crippen molar-refractivity contribution in [1.29, 1.82) is 0 Å². The van der Waals surface area contributed by atoms with E-state index in [2.05, 4.69) is 66.2 Å². The lowest BCUT2D eigenvalue weighted by atomic mass is 10.0. The first-order valence-electron chi connectivity index (χ1n) is 12.5. The van der Waals surface area contributed by atoms with E-state index in [1.165, 1.54) is 16.6 Å². The van der Waals surface area contributed by atoms with Gasteiger partial charge in [0.25, 0.3) is 0 Å². The topological polar surface area (TPSA) is 46.9 Å². The Balaban J connectivity index is 1.29. The maximum Gasteiger partial charge on any atom is 0.224 e. The molecule has 0 unspecified atom stereocenters. The molecule has 182 valence electrons. The van der Waals surface area contributed by atoms with Gasteiger partial charge in [-0.15, -0.1) is 0 Å². The molecule has 0 spiro atoms. The number of nitrogens with one attached hydrogen (secondary N) is 1. The van der Waals surface area contributed by atoms with Gasteiger partial charge in [-0.1, -0.05) is 86.5 Å². The van der Waals surface area contributed by atoms with Crippen LogP contribution in [0.1, 0.15) is 61.5 Å². The number of rotatable bonds is 11. The molecule has 0 saturated carbocycles. The van der Waals surface area contributed by atoms with Gasteiger partial charge >= 0.3 is 0 Å². The van der Waals surface area contributed by atoms with Crippen molar-refractivity contribution in [3.05, 3.63) is 100 Å². The Morgan fingerprint density at radius 1 is 0.943 bits per heavy atom. The maximum atomic E-state index is 12.2. The molecule has 0 radical (unpaired) electrons. The van der Waals surface area contributed by atoms with E-state index in [1.807, 2.05) is 30.3 Å². The summed E-state index contributed by atoms with van der Waals surface area (Å²) in [6.45, 7) is 5.95. The predicted molar refractivity (Wildman–Crippen MR) is 145 cm³/mol. The van der Waals surface area contributed by atoms with Crippen molar-refractivity contribution in [2.75, 3.05) is 6.54 Å². The van der Waals surface area contributed by atoms with E-state index < -0.39 is 0 Å². The molecule has 0 aliphatic rings. The van der Waals surface area contributed by atoms with Gasteiger partial charge in [-0.2, -0.15) is 0 Å². The zero-order valence-corrected chi connectivity index (χ0v) is 21.4. The number of nitrogens with zero attached hydrogens (tertiary/aromatic N) is 2. The minimum absolute atomic E-state index is 0.0170. The van der Waals surface area contributed by atoms with Crippen LogP contribution in [0.15, 0.2) is 72.8 Å². The number of benzene rings is 3. The van der Waals surface area contributed by atoms with Crippen LogP contribution in [0.3, 0.4) is 0 Å². The molecule has 4 rings (SSSR count). The molecule has 0 atom stereocenters. The third-order valence-electron chi connectivity index (χ3n) is 6.43. The third kappa shape index (κ3) is 6.73. The van der Waals surface area contributed by atoms with Crippen LogP contribution in [0.4, 0.5) is 0 Å². The summed E-state index contributed by atoms with van der Waals surface area (Å²) in [5.41, 5.74) is 5.75. The number of carbonyl (C=O) groups is 1. The van der Waals surface area contributed by atoms with Gasteiger partial charge in [0.1, 0.15) is 5.82 Å². The second kappa shape index (κ2) is 12.0. The fourth-order valence-corrected chi connectivity index (χ4v) is 4.58. The predicted octanol–water partition coefficient (Wildman–Crippen LogP) is 6.93. The van der Waals surface area contributed by atoms with E-state index >= 15 is 0 Å². The lowest BCUT2D eigenvalue weighted by Gasteiger charge is -2.11. The van der Waals surface area contributed by atoms with E-state index in [4.69, 9.17) is 16.6 Å². The van der Waals surface area contributed by atoms with Crippen LogP contribution in [0, 0.1) is 0 Å². The number of hydrogen-bond acceptors (Lipinski definition) is 2. The average Bonchev–Trinajstić information content (AvgIpc) is 3.20. The summed E-state index contributed by atoms with van der Waals surface area (Å²) in [4.78, 5) is 17.1. The number of unbranched alkanes of at least 4 members (excludes halogenated alkanes) is 2. The van der Waals surface area contributed by atoms with Gasteiger partial charge in [-0.25, -0.2) is 4.98 Å². The molecule has 1 N–H and O–H groups in total. The monoisotopic (exact) mass is 487 g/mol. The Morgan fingerprint density at radius 3 is 2.46 bits per heavy atom. The van der Waals surface area contributed by atoms with Crippen LogP contribution in [0.25, 0.3) is 11.0 Å². The highest BCUT2D eigenvalue weighted by Crippen LogP contribution is 2.21. The second-order valence-corrected chi connectivity index (χ2v) is 9.84. The lowest BCUT2D eigenvalue weighted by Crippen LogP contribution is -2.26. The minimum Gasteiger partial charge on any atom is -0.356 e. The van der Waals surface area contributed by atoms with Crippen LogP contribution < -0.4 is 5.32 Å². The van der Waals surface area contributed by atoms with E-state index in [9.17, 15) is 4.79 Å². The fourth-order valence-electron chi connectivity index (χ4n) is 4.37. The molecule has 0 bridgehead atoms. The molecule has 1 amide bonds. The van der Waals surface area contributed by atoms with Gasteiger partial charge in [0.2, 0.25) is 5.91 Å². The number of halogens is 1. The quantitative estimate of drug-likeness (QED) is 0.233. The summed E-state index contributed by atoms with van der Waals surface area (Å²) in [5, 5.41) is 3.66. The van der Waals surface area contributed by atoms with E-state index in [-0.39, 0.29) is 5.91 Å². The Hall–Kier alpha value is -3.11. The van der Waals surface area contributed by atoms with Gasteiger partial charge in [-0.05, 0) is 53.6 Å². The first-order chi connectivity index (χ1) is 17.0. The SMILES string of the molecule is CC(C)c1ccc(Cn2c(CCCCCNC(=O)Cc3ccccc3Cl)nc3ccccc32)cc1. The molecular weight excluding hydrogens is 454 g/mol. The summed E-state index contributed by atoms with van der Waals surface area (Å²) in [7, 11) is 0. The van der Waals surface area contributed by atoms with E-state index in [0.29, 0.717) is 23.9 Å². The first kappa shape index (κ1) is 25.0. The summed E-state index contributed by atoms with van der Waals surface area (Å²) in [6.07, 6.45) is 4.27. The van der Waals surface area contributed by atoms with Gasteiger partial charge in [0.15, 0.2) is 0 Å². The summed E-state index contributed by atoms with van der Waals surface area (Å²) in [5.74, 6) is 1.68. The number of fused-ring (bicyclic) bond motifs is 1. The Labute approximate surface area is 213 Å². The largest absolute Gasteiger partial charge is 0.356 e. The van der Waals surface area contributed by atoms with Crippen molar-refractivity contribution >= 4 is 28.5 Å². The molecule has 3 aromatic carbocycles. The van der Waals surface area contributed by atoms with Gasteiger partial charge in [-0.3, -0.25) is 4.79 Å². The molecule has 0 saturated heterocycles. The zero-order valence-electron chi connectivity index (χ0n) is 20.6. The van der Waals surface area contributed by atoms with Crippen LogP contribution >= 0.6 is 11.6 Å². The van der Waals surface area contributed by atoms with E-state index in [1.54, 1.807) is 0 Å². The molecular formula is C30H34ClN3O. The zero-order chi connectivity index (χ0) is 24.6. The highest BCUT2D eigenvalue weighted by atomic mass is 35.5.